The highest BCUT2D eigenvalue weighted by molar-refractivity contribution is 8.18. The Morgan fingerprint density at radius 3 is 2.22 bits per heavy atom. The van der Waals surface area contributed by atoms with Gasteiger partial charge in [0.25, 0.3) is 11.1 Å². The topological polar surface area (TPSA) is 66.5 Å². The molecule has 0 unspecified atom stereocenters. The number of rotatable bonds is 5. The van der Waals surface area contributed by atoms with Crippen LogP contribution in [0.4, 0.5) is 10.5 Å². The second kappa shape index (κ2) is 8.61. The molecule has 1 aliphatic heterocycles. The minimum atomic E-state index is -0.403. The van der Waals surface area contributed by atoms with E-state index in [1.54, 1.807) is 54.6 Å². The number of nitrogens with zero attached hydrogens (tertiary/aromatic N) is 1. The lowest BCUT2D eigenvalue weighted by atomic mass is 10.2. The van der Waals surface area contributed by atoms with E-state index in [4.69, 9.17) is 23.2 Å². The Morgan fingerprint density at radius 2 is 1.59 bits per heavy atom. The predicted octanol–water partition coefficient (Wildman–Crippen LogP) is 5.06. The molecule has 1 saturated heterocycles. The zero-order valence-electron chi connectivity index (χ0n) is 13.9. The molecule has 0 radical (unpaired) electrons. The lowest BCUT2D eigenvalue weighted by molar-refractivity contribution is -0.123. The molecule has 2 aromatic carbocycles. The molecule has 2 aromatic rings. The molecule has 8 heteroatoms. The van der Waals surface area contributed by atoms with Gasteiger partial charge in [-0.05, 0) is 59.8 Å². The molecular formula is C19H14Cl2N2O3S. The Labute approximate surface area is 170 Å². The van der Waals surface area contributed by atoms with Crippen molar-refractivity contribution in [1.29, 1.82) is 0 Å². The predicted molar refractivity (Wildman–Crippen MR) is 109 cm³/mol. The van der Waals surface area contributed by atoms with Crippen LogP contribution in [-0.2, 0) is 9.59 Å². The molecule has 1 N–H and O–H groups in total. The Bertz CT molecular complexity index is 912. The summed E-state index contributed by atoms with van der Waals surface area (Å²) >= 11 is 12.5. The van der Waals surface area contributed by atoms with Gasteiger partial charge in [0.05, 0.1) is 4.91 Å². The van der Waals surface area contributed by atoms with Crippen LogP contribution in [0.2, 0.25) is 10.0 Å². The van der Waals surface area contributed by atoms with Crippen LogP contribution in [0.25, 0.3) is 6.08 Å². The number of nitrogens with one attached hydrogen (secondary N) is 1. The van der Waals surface area contributed by atoms with Gasteiger partial charge in [-0.2, -0.15) is 0 Å². The number of carbonyl (C=O) groups is 3. The van der Waals surface area contributed by atoms with Crippen molar-refractivity contribution in [2.75, 3.05) is 11.9 Å². The third-order valence-electron chi connectivity index (χ3n) is 3.73. The van der Waals surface area contributed by atoms with Gasteiger partial charge in [-0.25, -0.2) is 0 Å². The molecule has 0 spiro atoms. The summed E-state index contributed by atoms with van der Waals surface area (Å²) in [6.07, 6.45) is 1.64. The van der Waals surface area contributed by atoms with Crippen LogP contribution in [0.1, 0.15) is 12.0 Å². The van der Waals surface area contributed by atoms with Gasteiger partial charge in [0, 0.05) is 28.7 Å². The summed E-state index contributed by atoms with van der Waals surface area (Å²) < 4.78 is 0. The van der Waals surface area contributed by atoms with Gasteiger partial charge in [-0.3, -0.25) is 19.3 Å². The third kappa shape index (κ3) is 5.13. The van der Waals surface area contributed by atoms with Crippen molar-refractivity contribution in [3.05, 3.63) is 69.0 Å². The molecule has 0 aliphatic carbocycles. The van der Waals surface area contributed by atoms with E-state index in [1.807, 2.05) is 0 Å². The largest absolute Gasteiger partial charge is 0.326 e. The number of benzene rings is 2. The van der Waals surface area contributed by atoms with E-state index in [-0.39, 0.29) is 24.1 Å². The lowest BCUT2D eigenvalue weighted by Crippen LogP contribution is -2.31. The monoisotopic (exact) mass is 420 g/mol. The van der Waals surface area contributed by atoms with Gasteiger partial charge in [-0.15, -0.1) is 0 Å². The fraction of sp³-hybridized carbons (Fsp3) is 0.105. The number of imide groups is 1. The molecule has 0 saturated carbocycles. The fourth-order valence-electron chi connectivity index (χ4n) is 2.37. The van der Waals surface area contributed by atoms with Crippen molar-refractivity contribution < 1.29 is 14.4 Å². The maximum atomic E-state index is 12.4. The summed E-state index contributed by atoms with van der Waals surface area (Å²) in [7, 11) is 0. The van der Waals surface area contributed by atoms with Crippen LogP contribution in [0.15, 0.2) is 53.4 Å². The first-order chi connectivity index (χ1) is 12.9. The zero-order chi connectivity index (χ0) is 19.4. The standard InChI is InChI=1S/C19H14Cl2N2O3S/c20-13-3-1-12(2-4-13)11-16-18(25)23(19(26)27-16)10-9-17(24)22-15-7-5-14(21)6-8-15/h1-8,11H,9-10H2,(H,22,24). The molecule has 0 atom stereocenters. The van der Waals surface area contributed by atoms with Gasteiger partial charge in [0.1, 0.15) is 0 Å². The molecule has 3 amide bonds. The molecule has 138 valence electrons. The third-order valence-corrected chi connectivity index (χ3v) is 5.14. The number of hydrogen-bond acceptors (Lipinski definition) is 4. The van der Waals surface area contributed by atoms with Crippen LogP contribution in [0.5, 0.6) is 0 Å². The summed E-state index contributed by atoms with van der Waals surface area (Å²) in [5.74, 6) is -0.697. The number of amides is 3. The lowest BCUT2D eigenvalue weighted by Gasteiger charge is -2.12. The minimum Gasteiger partial charge on any atom is -0.326 e. The number of carbonyl (C=O) groups excluding carboxylic acids is 3. The fourth-order valence-corrected chi connectivity index (χ4v) is 3.49. The van der Waals surface area contributed by atoms with E-state index in [1.165, 1.54) is 0 Å². The SMILES string of the molecule is O=C(CCN1C(=O)SC(=Cc2ccc(Cl)cc2)C1=O)Nc1ccc(Cl)cc1. The first-order valence-corrected chi connectivity index (χ1v) is 9.56. The maximum absolute atomic E-state index is 12.4. The number of anilines is 1. The van der Waals surface area contributed by atoms with E-state index in [0.29, 0.717) is 20.6 Å². The van der Waals surface area contributed by atoms with Gasteiger partial charge in [-0.1, -0.05) is 35.3 Å². The van der Waals surface area contributed by atoms with Crippen molar-refractivity contribution in [2.45, 2.75) is 6.42 Å². The highest BCUT2D eigenvalue weighted by atomic mass is 35.5. The number of halogens is 2. The van der Waals surface area contributed by atoms with Crippen molar-refractivity contribution in [3.63, 3.8) is 0 Å². The van der Waals surface area contributed by atoms with Crippen LogP contribution >= 0.6 is 35.0 Å². The average Bonchev–Trinajstić information content (AvgIpc) is 2.90. The number of hydrogen-bond donors (Lipinski definition) is 1. The quantitative estimate of drug-likeness (QED) is 0.686. The molecule has 1 heterocycles. The Kier molecular flexibility index (Phi) is 6.21. The molecule has 1 fully saturated rings. The second-order valence-electron chi connectivity index (χ2n) is 5.69. The summed E-state index contributed by atoms with van der Waals surface area (Å²) in [6, 6.07) is 13.6. The molecule has 3 rings (SSSR count). The summed E-state index contributed by atoms with van der Waals surface area (Å²) in [5, 5.41) is 3.47. The van der Waals surface area contributed by atoms with E-state index < -0.39 is 5.91 Å². The average molecular weight is 421 g/mol. The first-order valence-electron chi connectivity index (χ1n) is 7.99. The van der Waals surface area contributed by atoms with Crippen LogP contribution in [0, 0.1) is 0 Å². The Balaban J connectivity index is 1.59. The molecule has 0 aromatic heterocycles. The highest BCUT2D eigenvalue weighted by Gasteiger charge is 2.34. The molecule has 1 aliphatic rings. The van der Waals surface area contributed by atoms with Gasteiger partial charge in [0.2, 0.25) is 5.91 Å². The molecule has 27 heavy (non-hydrogen) atoms. The van der Waals surface area contributed by atoms with E-state index in [2.05, 4.69) is 5.32 Å². The summed E-state index contributed by atoms with van der Waals surface area (Å²) in [4.78, 5) is 38.0. The van der Waals surface area contributed by atoms with Gasteiger partial charge >= 0.3 is 0 Å². The minimum absolute atomic E-state index is 0.00882. The highest BCUT2D eigenvalue weighted by Crippen LogP contribution is 2.32. The smallest absolute Gasteiger partial charge is 0.293 e. The normalized spacial score (nSPS) is 15.5. The van der Waals surface area contributed by atoms with E-state index in [0.717, 1.165) is 22.2 Å². The number of thioether (sulfide) groups is 1. The van der Waals surface area contributed by atoms with Crippen LogP contribution in [0.3, 0.4) is 0 Å². The first kappa shape index (κ1) is 19.5. The molecule has 5 nitrogen and oxygen atoms in total. The maximum Gasteiger partial charge on any atom is 0.293 e. The van der Waals surface area contributed by atoms with Crippen molar-refractivity contribution in [3.8, 4) is 0 Å². The van der Waals surface area contributed by atoms with E-state index >= 15 is 0 Å². The summed E-state index contributed by atoms with van der Waals surface area (Å²) in [6.45, 7) is 0.0159. The van der Waals surface area contributed by atoms with Crippen molar-refractivity contribution >= 4 is 63.8 Å². The van der Waals surface area contributed by atoms with E-state index in [9.17, 15) is 14.4 Å². The zero-order valence-corrected chi connectivity index (χ0v) is 16.3. The Hall–Kier alpha value is -2.28. The second-order valence-corrected chi connectivity index (χ2v) is 7.56. The summed E-state index contributed by atoms with van der Waals surface area (Å²) in [5.41, 5.74) is 1.37. The van der Waals surface area contributed by atoms with Crippen molar-refractivity contribution in [1.82, 2.24) is 4.90 Å². The Morgan fingerprint density at radius 1 is 1.00 bits per heavy atom. The molecule has 0 bridgehead atoms. The molecular weight excluding hydrogens is 407 g/mol. The van der Waals surface area contributed by atoms with Crippen LogP contribution in [-0.4, -0.2) is 28.5 Å². The van der Waals surface area contributed by atoms with Crippen molar-refractivity contribution in [2.24, 2.45) is 0 Å². The van der Waals surface area contributed by atoms with Crippen LogP contribution < -0.4 is 5.32 Å². The van der Waals surface area contributed by atoms with Gasteiger partial charge in [0.15, 0.2) is 0 Å². The van der Waals surface area contributed by atoms with Gasteiger partial charge < -0.3 is 5.32 Å².